The van der Waals surface area contributed by atoms with E-state index in [1.165, 1.54) is 32.2 Å². The minimum absolute atomic E-state index is 0.103. The zero-order valence-corrected chi connectivity index (χ0v) is 9.09. The quantitative estimate of drug-likeness (QED) is 0.895. The van der Waals surface area contributed by atoms with Gasteiger partial charge in [-0.05, 0) is 12.1 Å². The van der Waals surface area contributed by atoms with Crippen LogP contribution in [0.3, 0.4) is 0 Å². The Morgan fingerprint density at radius 1 is 1.35 bits per heavy atom. The lowest BCUT2D eigenvalue weighted by molar-refractivity contribution is -0.274. The number of carbonyl (C=O) groups is 1. The van der Waals surface area contributed by atoms with E-state index < -0.39 is 18.0 Å². The molecule has 0 aromatic heterocycles. The second-order valence-electron chi connectivity index (χ2n) is 3.07. The maximum atomic E-state index is 12.2. The number of carbonyl (C=O) groups excluding carboxylic acids is 1. The van der Waals surface area contributed by atoms with Crippen molar-refractivity contribution in [1.29, 1.82) is 0 Å². The highest BCUT2D eigenvalue weighted by atomic mass is 19.4. The molecule has 7 heteroatoms. The highest BCUT2D eigenvalue weighted by molar-refractivity contribution is 5.91. The van der Waals surface area contributed by atoms with Crippen molar-refractivity contribution in [3.63, 3.8) is 0 Å². The van der Waals surface area contributed by atoms with Crippen molar-refractivity contribution in [1.82, 2.24) is 0 Å². The number of benzene rings is 1. The zero-order chi connectivity index (χ0) is 13.1. The summed E-state index contributed by atoms with van der Waals surface area (Å²) < 4.78 is 45.1. The third kappa shape index (κ3) is 3.86. The molecule has 0 aliphatic carbocycles. The summed E-state index contributed by atoms with van der Waals surface area (Å²) in [4.78, 5) is 10.8. The molecule has 0 saturated carbocycles. The van der Waals surface area contributed by atoms with Crippen molar-refractivity contribution in [3.8, 4) is 11.5 Å². The van der Waals surface area contributed by atoms with E-state index in [1.54, 1.807) is 0 Å². The fourth-order valence-electron chi connectivity index (χ4n) is 1.19. The minimum atomic E-state index is -4.86. The lowest BCUT2D eigenvalue weighted by atomic mass is 10.2. The first kappa shape index (κ1) is 13.1. The molecule has 1 rings (SSSR count). The molecule has 0 radical (unpaired) electrons. The second-order valence-corrected chi connectivity index (χ2v) is 3.07. The Balaban J connectivity index is 3.15. The van der Waals surface area contributed by atoms with Gasteiger partial charge in [0.15, 0.2) is 11.5 Å². The van der Waals surface area contributed by atoms with Crippen molar-refractivity contribution < 1.29 is 27.4 Å². The number of hydrogen-bond acceptors (Lipinski definition) is 3. The number of amides is 1. The van der Waals surface area contributed by atoms with Gasteiger partial charge in [-0.2, -0.15) is 0 Å². The molecule has 1 N–H and O–H groups in total. The summed E-state index contributed by atoms with van der Waals surface area (Å²) in [5.41, 5.74) is -0.103. The number of alkyl halides is 3. The van der Waals surface area contributed by atoms with Crippen molar-refractivity contribution in [2.24, 2.45) is 0 Å². The van der Waals surface area contributed by atoms with Gasteiger partial charge in [0.2, 0.25) is 5.91 Å². The third-order valence-corrected chi connectivity index (χ3v) is 1.73. The van der Waals surface area contributed by atoms with Crippen LogP contribution in [0.15, 0.2) is 18.2 Å². The summed E-state index contributed by atoms with van der Waals surface area (Å²) in [6, 6.07) is 4.02. The summed E-state index contributed by atoms with van der Waals surface area (Å²) in [5, 5.41) is 2.23. The normalized spacial score (nSPS) is 10.9. The van der Waals surface area contributed by atoms with Gasteiger partial charge < -0.3 is 14.8 Å². The molecule has 0 heterocycles. The van der Waals surface area contributed by atoms with Crippen molar-refractivity contribution in [2.45, 2.75) is 13.3 Å². The highest BCUT2D eigenvalue weighted by Gasteiger charge is 2.33. The Kier molecular flexibility index (Phi) is 3.82. The summed E-state index contributed by atoms with van der Waals surface area (Å²) in [7, 11) is 1.20. The maximum Gasteiger partial charge on any atom is 0.573 e. The topological polar surface area (TPSA) is 47.6 Å². The van der Waals surface area contributed by atoms with Crippen LogP contribution in [-0.2, 0) is 4.79 Å². The summed E-state index contributed by atoms with van der Waals surface area (Å²) >= 11 is 0. The van der Waals surface area contributed by atoms with Gasteiger partial charge >= 0.3 is 6.36 Å². The molecule has 0 unspecified atom stereocenters. The minimum Gasteiger partial charge on any atom is -0.493 e. The van der Waals surface area contributed by atoms with Crippen molar-refractivity contribution >= 4 is 11.6 Å². The Morgan fingerprint density at radius 2 is 2.00 bits per heavy atom. The fourth-order valence-corrected chi connectivity index (χ4v) is 1.19. The number of rotatable bonds is 3. The number of halogens is 3. The van der Waals surface area contributed by atoms with Crippen LogP contribution in [0.5, 0.6) is 11.5 Å². The van der Waals surface area contributed by atoms with Crippen LogP contribution in [0.1, 0.15) is 6.92 Å². The number of para-hydroxylation sites is 1. The molecule has 1 amide bonds. The van der Waals surface area contributed by atoms with E-state index in [4.69, 9.17) is 4.74 Å². The van der Waals surface area contributed by atoms with Gasteiger partial charge in [-0.1, -0.05) is 6.07 Å². The van der Waals surface area contributed by atoms with Gasteiger partial charge in [0.1, 0.15) is 0 Å². The van der Waals surface area contributed by atoms with E-state index in [0.29, 0.717) is 0 Å². The number of ether oxygens (including phenoxy) is 2. The molecule has 0 fully saturated rings. The van der Waals surface area contributed by atoms with E-state index >= 15 is 0 Å². The molecule has 0 bridgehead atoms. The molecule has 94 valence electrons. The van der Waals surface area contributed by atoms with Crippen molar-refractivity contribution in [3.05, 3.63) is 18.2 Å². The van der Waals surface area contributed by atoms with E-state index in [9.17, 15) is 18.0 Å². The van der Waals surface area contributed by atoms with Crippen LogP contribution in [0.25, 0.3) is 0 Å². The SMILES string of the molecule is COc1cccc(NC(C)=O)c1OC(F)(F)F. The van der Waals surface area contributed by atoms with Crippen LogP contribution < -0.4 is 14.8 Å². The largest absolute Gasteiger partial charge is 0.573 e. The first-order valence-electron chi connectivity index (χ1n) is 4.54. The van der Waals surface area contributed by atoms with Gasteiger partial charge in [-0.3, -0.25) is 4.79 Å². The summed E-state index contributed by atoms with van der Waals surface area (Å²) in [6.45, 7) is 1.18. The predicted molar refractivity (Wildman–Crippen MR) is 54.0 cm³/mol. The number of methoxy groups -OCH3 is 1. The number of hydrogen-bond donors (Lipinski definition) is 1. The molecule has 0 spiro atoms. The van der Waals surface area contributed by atoms with Gasteiger partial charge in [0.25, 0.3) is 0 Å². The molecule has 1 aromatic carbocycles. The van der Waals surface area contributed by atoms with Gasteiger partial charge in [-0.25, -0.2) is 0 Å². The first-order valence-corrected chi connectivity index (χ1v) is 4.54. The zero-order valence-electron chi connectivity index (χ0n) is 9.09. The maximum absolute atomic E-state index is 12.2. The van der Waals surface area contributed by atoms with Gasteiger partial charge in [0.05, 0.1) is 12.8 Å². The van der Waals surface area contributed by atoms with Gasteiger partial charge in [-0.15, -0.1) is 13.2 Å². The number of anilines is 1. The second kappa shape index (κ2) is 4.94. The van der Waals surface area contributed by atoms with Crippen LogP contribution in [-0.4, -0.2) is 19.4 Å². The average molecular weight is 249 g/mol. The molecule has 0 atom stereocenters. The highest BCUT2D eigenvalue weighted by Crippen LogP contribution is 2.38. The number of nitrogens with one attached hydrogen (secondary N) is 1. The monoisotopic (exact) mass is 249 g/mol. The molecule has 17 heavy (non-hydrogen) atoms. The van der Waals surface area contributed by atoms with Crippen LogP contribution in [0.2, 0.25) is 0 Å². The summed E-state index contributed by atoms with van der Waals surface area (Å²) in [6.07, 6.45) is -4.86. The van der Waals surface area contributed by atoms with Gasteiger partial charge in [0, 0.05) is 6.92 Å². The van der Waals surface area contributed by atoms with Crippen LogP contribution in [0, 0.1) is 0 Å². The summed E-state index contributed by atoms with van der Waals surface area (Å²) in [5.74, 6) is -1.20. The molecule has 0 saturated heterocycles. The molecule has 0 aliphatic rings. The molecule has 0 aliphatic heterocycles. The Bertz CT molecular complexity index is 418. The predicted octanol–water partition coefficient (Wildman–Crippen LogP) is 2.55. The first-order chi connectivity index (χ1) is 7.83. The molecule has 4 nitrogen and oxygen atoms in total. The third-order valence-electron chi connectivity index (χ3n) is 1.73. The van der Waals surface area contributed by atoms with E-state index in [1.807, 2.05) is 0 Å². The Labute approximate surface area is 95.3 Å². The Morgan fingerprint density at radius 3 is 2.47 bits per heavy atom. The smallest absolute Gasteiger partial charge is 0.493 e. The fraction of sp³-hybridized carbons (Fsp3) is 0.300. The van der Waals surface area contributed by atoms with Crippen LogP contribution >= 0.6 is 0 Å². The van der Waals surface area contributed by atoms with E-state index in [0.717, 1.165) is 0 Å². The molecule has 1 aromatic rings. The lowest BCUT2D eigenvalue weighted by Gasteiger charge is -2.16. The van der Waals surface area contributed by atoms with Crippen molar-refractivity contribution in [2.75, 3.05) is 12.4 Å². The lowest BCUT2D eigenvalue weighted by Crippen LogP contribution is -2.19. The Hall–Kier alpha value is -1.92. The molecular weight excluding hydrogens is 239 g/mol. The van der Waals surface area contributed by atoms with Crippen LogP contribution in [0.4, 0.5) is 18.9 Å². The van der Waals surface area contributed by atoms with E-state index in [-0.39, 0.29) is 11.4 Å². The standard InChI is InChI=1S/C10H10F3NO3/c1-6(15)14-7-4-3-5-8(16-2)9(7)17-10(11,12)13/h3-5H,1-2H3,(H,14,15). The van der Waals surface area contributed by atoms with E-state index in [2.05, 4.69) is 10.1 Å². The average Bonchev–Trinajstić information content (AvgIpc) is 2.17. The molecular formula is C10H10F3NO3.